The number of hydrogen-bond donors (Lipinski definition) is 1. The van der Waals surface area contributed by atoms with Crippen LogP contribution in [0.2, 0.25) is 0 Å². The molecule has 0 atom stereocenters. The number of likely N-dealkylation sites (tertiary alicyclic amines) is 1. The second-order valence-corrected chi connectivity index (χ2v) is 5.36. The molecule has 2 heterocycles. The molecule has 2 rings (SSSR count). The average Bonchev–Trinajstić information content (AvgIpc) is 2.68. The molecule has 0 amide bonds. The van der Waals surface area contributed by atoms with Crippen molar-refractivity contribution in [3.05, 3.63) is 29.9 Å². The molecule has 1 saturated heterocycles. The van der Waals surface area contributed by atoms with Crippen LogP contribution in [-0.2, 0) is 0 Å². The van der Waals surface area contributed by atoms with Crippen LogP contribution in [0.15, 0.2) is 12.7 Å². The first-order chi connectivity index (χ1) is 9.04. The first-order valence-corrected chi connectivity index (χ1v) is 6.89. The van der Waals surface area contributed by atoms with Crippen molar-refractivity contribution in [3.63, 3.8) is 0 Å². The molecule has 0 saturated carbocycles. The summed E-state index contributed by atoms with van der Waals surface area (Å²) in [6.07, 6.45) is 6.37. The molecule has 0 spiro atoms. The van der Waals surface area contributed by atoms with Crippen molar-refractivity contribution < 1.29 is 0 Å². The van der Waals surface area contributed by atoms with Gasteiger partial charge in [-0.3, -0.25) is 0 Å². The zero-order valence-electron chi connectivity index (χ0n) is 12.2. The van der Waals surface area contributed by atoms with Crippen molar-refractivity contribution in [2.75, 3.05) is 20.1 Å². The Morgan fingerprint density at radius 1 is 1.42 bits per heavy atom. The van der Waals surface area contributed by atoms with Gasteiger partial charge in [-0.2, -0.15) is 0 Å². The van der Waals surface area contributed by atoms with E-state index in [0.29, 0.717) is 11.6 Å². The van der Waals surface area contributed by atoms with Crippen LogP contribution in [0.4, 0.5) is 0 Å². The van der Waals surface area contributed by atoms with E-state index in [-0.39, 0.29) is 0 Å². The van der Waals surface area contributed by atoms with E-state index in [2.05, 4.69) is 23.1 Å². The predicted molar refractivity (Wildman–Crippen MR) is 80.7 cm³/mol. The Kier molecular flexibility index (Phi) is 4.10. The molecule has 1 aliphatic heterocycles. The Morgan fingerprint density at radius 2 is 2.05 bits per heavy atom. The fraction of sp³-hybridized carbons (Fsp3) is 0.533. The summed E-state index contributed by atoms with van der Waals surface area (Å²) in [4.78, 5) is 7.12. The number of nitrogens with two attached hydrogens (primary N) is 1. The van der Waals surface area contributed by atoms with Crippen LogP contribution in [0, 0.1) is 6.92 Å². The highest BCUT2D eigenvalue weighted by Gasteiger charge is 2.25. The van der Waals surface area contributed by atoms with Crippen LogP contribution in [0.1, 0.15) is 42.9 Å². The molecule has 104 valence electrons. The summed E-state index contributed by atoms with van der Waals surface area (Å²) in [7, 11) is 2.17. The summed E-state index contributed by atoms with van der Waals surface area (Å²) in [5.74, 6) is 1.64. The van der Waals surface area contributed by atoms with Crippen molar-refractivity contribution in [3.8, 4) is 0 Å². The third-order valence-corrected chi connectivity index (χ3v) is 3.80. The third-order valence-electron chi connectivity index (χ3n) is 3.80. The topological polar surface area (TPSA) is 47.1 Å². The summed E-state index contributed by atoms with van der Waals surface area (Å²) in [5.41, 5.74) is 8.42. The molecule has 1 fully saturated rings. The standard InChI is InChI=1S/C15H24N4/c1-5-8-19-14(11(2)16)12(3)17-15(19)13-6-9-18(4)10-7-13/h5,8,13H,2,6-7,9-10,16H2,1,3-4H3/b8-5-. The maximum atomic E-state index is 5.91. The average molecular weight is 260 g/mol. The third kappa shape index (κ3) is 2.73. The SMILES string of the molecule is C=C(N)c1c(C)nc(C2CCN(C)CC2)n1/C=C\C. The van der Waals surface area contributed by atoms with Crippen LogP contribution in [0.25, 0.3) is 11.9 Å². The molecule has 1 aromatic heterocycles. The lowest BCUT2D eigenvalue weighted by Gasteiger charge is -2.28. The molecular formula is C15H24N4. The fourth-order valence-electron chi connectivity index (χ4n) is 2.81. The summed E-state index contributed by atoms with van der Waals surface area (Å²) < 4.78 is 2.12. The van der Waals surface area contributed by atoms with Gasteiger partial charge < -0.3 is 15.2 Å². The van der Waals surface area contributed by atoms with E-state index >= 15 is 0 Å². The molecular weight excluding hydrogens is 236 g/mol. The molecule has 0 aromatic carbocycles. The smallest absolute Gasteiger partial charge is 0.116 e. The maximum Gasteiger partial charge on any atom is 0.116 e. The Hall–Kier alpha value is -1.55. The van der Waals surface area contributed by atoms with Crippen molar-refractivity contribution in [2.24, 2.45) is 5.73 Å². The number of piperidine rings is 1. The van der Waals surface area contributed by atoms with Gasteiger partial charge in [0.1, 0.15) is 5.82 Å². The summed E-state index contributed by atoms with van der Waals surface area (Å²) >= 11 is 0. The van der Waals surface area contributed by atoms with Gasteiger partial charge in [-0.25, -0.2) is 4.98 Å². The number of allylic oxidation sites excluding steroid dienone is 1. The van der Waals surface area contributed by atoms with Crippen molar-refractivity contribution in [1.82, 2.24) is 14.5 Å². The number of hydrogen-bond acceptors (Lipinski definition) is 3. The highest BCUT2D eigenvalue weighted by molar-refractivity contribution is 5.62. The molecule has 1 aromatic rings. The van der Waals surface area contributed by atoms with E-state index in [9.17, 15) is 0 Å². The molecule has 4 heteroatoms. The Morgan fingerprint density at radius 3 is 2.58 bits per heavy atom. The lowest BCUT2D eigenvalue weighted by molar-refractivity contribution is 0.250. The van der Waals surface area contributed by atoms with Gasteiger partial charge in [-0.05, 0) is 46.8 Å². The first-order valence-electron chi connectivity index (χ1n) is 6.89. The Balaban J connectivity index is 2.40. The largest absolute Gasteiger partial charge is 0.397 e. The number of nitrogens with zero attached hydrogens (tertiary/aromatic N) is 3. The van der Waals surface area contributed by atoms with Gasteiger partial charge in [0, 0.05) is 12.1 Å². The highest BCUT2D eigenvalue weighted by Crippen LogP contribution is 2.30. The lowest BCUT2D eigenvalue weighted by atomic mass is 9.96. The van der Waals surface area contributed by atoms with Crippen LogP contribution < -0.4 is 5.73 Å². The number of aromatic nitrogens is 2. The van der Waals surface area contributed by atoms with E-state index in [1.54, 1.807) is 0 Å². The monoisotopic (exact) mass is 260 g/mol. The molecule has 1 aliphatic rings. The van der Waals surface area contributed by atoms with E-state index in [1.807, 2.05) is 26.1 Å². The zero-order chi connectivity index (χ0) is 14.0. The minimum absolute atomic E-state index is 0.513. The quantitative estimate of drug-likeness (QED) is 0.908. The van der Waals surface area contributed by atoms with Gasteiger partial charge in [0.25, 0.3) is 0 Å². The maximum absolute atomic E-state index is 5.91. The normalized spacial score (nSPS) is 18.3. The zero-order valence-corrected chi connectivity index (χ0v) is 12.2. The van der Waals surface area contributed by atoms with Crippen LogP contribution in [0.5, 0.6) is 0 Å². The van der Waals surface area contributed by atoms with Crippen molar-refractivity contribution >= 4 is 11.9 Å². The molecule has 0 aliphatic carbocycles. The van der Waals surface area contributed by atoms with Gasteiger partial charge in [0.2, 0.25) is 0 Å². The first kappa shape index (κ1) is 13.9. The molecule has 19 heavy (non-hydrogen) atoms. The summed E-state index contributed by atoms with van der Waals surface area (Å²) in [5, 5.41) is 0. The van der Waals surface area contributed by atoms with Gasteiger partial charge in [-0.1, -0.05) is 12.7 Å². The Labute approximate surface area is 115 Å². The number of rotatable bonds is 3. The number of aryl methyl sites for hydroxylation is 1. The van der Waals surface area contributed by atoms with Gasteiger partial charge in [0.05, 0.1) is 17.1 Å². The molecule has 0 bridgehead atoms. The van der Waals surface area contributed by atoms with E-state index in [0.717, 1.165) is 43.1 Å². The lowest BCUT2D eigenvalue weighted by Crippen LogP contribution is -2.30. The molecule has 4 nitrogen and oxygen atoms in total. The van der Waals surface area contributed by atoms with E-state index in [1.165, 1.54) is 0 Å². The van der Waals surface area contributed by atoms with Crippen LogP contribution in [-0.4, -0.2) is 34.6 Å². The highest BCUT2D eigenvalue weighted by atomic mass is 15.1. The minimum Gasteiger partial charge on any atom is -0.397 e. The second kappa shape index (κ2) is 5.61. The van der Waals surface area contributed by atoms with Crippen molar-refractivity contribution in [2.45, 2.75) is 32.6 Å². The van der Waals surface area contributed by atoms with Gasteiger partial charge >= 0.3 is 0 Å². The summed E-state index contributed by atoms with van der Waals surface area (Å²) in [6.45, 7) is 10.2. The summed E-state index contributed by atoms with van der Waals surface area (Å²) in [6, 6.07) is 0. The van der Waals surface area contributed by atoms with E-state index in [4.69, 9.17) is 10.7 Å². The number of imidazole rings is 1. The minimum atomic E-state index is 0.513. The molecule has 0 radical (unpaired) electrons. The fourth-order valence-corrected chi connectivity index (χ4v) is 2.81. The van der Waals surface area contributed by atoms with Gasteiger partial charge in [0.15, 0.2) is 0 Å². The van der Waals surface area contributed by atoms with Crippen LogP contribution >= 0.6 is 0 Å². The van der Waals surface area contributed by atoms with Crippen molar-refractivity contribution in [1.29, 1.82) is 0 Å². The van der Waals surface area contributed by atoms with E-state index < -0.39 is 0 Å². The second-order valence-electron chi connectivity index (χ2n) is 5.36. The Bertz CT molecular complexity index is 490. The predicted octanol–water partition coefficient (Wildman–Crippen LogP) is 2.42. The van der Waals surface area contributed by atoms with Crippen LogP contribution in [0.3, 0.4) is 0 Å². The van der Waals surface area contributed by atoms with Gasteiger partial charge in [-0.15, -0.1) is 0 Å². The molecule has 2 N–H and O–H groups in total. The molecule has 0 unspecified atom stereocenters.